The van der Waals surface area contributed by atoms with Crippen LogP contribution in [0.15, 0.2) is 12.4 Å². The van der Waals surface area contributed by atoms with Gasteiger partial charge in [-0.1, -0.05) is 0 Å². The molecule has 0 aliphatic carbocycles. The van der Waals surface area contributed by atoms with E-state index in [2.05, 4.69) is 14.9 Å². The van der Waals surface area contributed by atoms with E-state index < -0.39 is 0 Å². The number of rotatable bonds is 1. The van der Waals surface area contributed by atoms with E-state index in [-0.39, 0.29) is 5.82 Å². The average Bonchev–Trinajstić information content (AvgIpc) is 2.87. The van der Waals surface area contributed by atoms with Gasteiger partial charge >= 0.3 is 0 Å². The highest BCUT2D eigenvalue weighted by molar-refractivity contribution is 5.47. The van der Waals surface area contributed by atoms with Crippen LogP contribution in [0.4, 0.5) is 5.69 Å². The summed E-state index contributed by atoms with van der Waals surface area (Å²) < 4.78 is 0. The molecule has 1 aromatic heterocycles. The van der Waals surface area contributed by atoms with E-state index in [1.54, 1.807) is 12.4 Å². The lowest BCUT2D eigenvalue weighted by Crippen LogP contribution is -1.94. The monoisotopic (exact) mass is 146 g/mol. The molecule has 0 spiro atoms. The highest BCUT2D eigenvalue weighted by Gasteiger charge is 2.17. The molecule has 1 saturated heterocycles. The Morgan fingerprint density at radius 3 is 2.45 bits per heavy atom. The SMILES string of the molecule is N#Cc1ncc(N2CC2)cn1. The number of aromatic nitrogens is 2. The van der Waals surface area contributed by atoms with Gasteiger partial charge in [0.15, 0.2) is 0 Å². The Labute approximate surface area is 64.1 Å². The fourth-order valence-corrected chi connectivity index (χ4v) is 0.850. The van der Waals surface area contributed by atoms with Gasteiger partial charge in [0, 0.05) is 13.1 Å². The van der Waals surface area contributed by atoms with Gasteiger partial charge in [-0.2, -0.15) is 5.26 Å². The maximum Gasteiger partial charge on any atom is 0.232 e. The van der Waals surface area contributed by atoms with Crippen LogP contribution in [-0.4, -0.2) is 23.1 Å². The van der Waals surface area contributed by atoms with Crippen LogP contribution in [0.25, 0.3) is 0 Å². The summed E-state index contributed by atoms with van der Waals surface area (Å²) in [7, 11) is 0. The van der Waals surface area contributed by atoms with E-state index in [9.17, 15) is 0 Å². The fraction of sp³-hybridized carbons (Fsp3) is 0.286. The van der Waals surface area contributed by atoms with Crippen molar-refractivity contribution in [2.45, 2.75) is 0 Å². The van der Waals surface area contributed by atoms with Crippen LogP contribution in [0.2, 0.25) is 0 Å². The summed E-state index contributed by atoms with van der Waals surface area (Å²) in [5.41, 5.74) is 1.00. The number of hydrogen-bond acceptors (Lipinski definition) is 4. The van der Waals surface area contributed by atoms with E-state index in [4.69, 9.17) is 5.26 Å². The predicted molar refractivity (Wildman–Crippen MR) is 39.0 cm³/mol. The molecule has 0 atom stereocenters. The summed E-state index contributed by atoms with van der Waals surface area (Å²) >= 11 is 0. The van der Waals surface area contributed by atoms with Gasteiger partial charge in [-0.3, -0.25) is 0 Å². The molecule has 2 rings (SSSR count). The Hall–Kier alpha value is -1.63. The normalized spacial score (nSPS) is 14.3. The molecule has 54 valence electrons. The molecule has 0 aromatic carbocycles. The molecule has 0 saturated carbocycles. The number of nitriles is 1. The summed E-state index contributed by atoms with van der Waals surface area (Å²) in [6.07, 6.45) is 3.36. The highest BCUT2D eigenvalue weighted by Crippen LogP contribution is 2.17. The second-order valence-corrected chi connectivity index (χ2v) is 2.36. The van der Waals surface area contributed by atoms with Crippen molar-refractivity contribution >= 4 is 5.69 Å². The van der Waals surface area contributed by atoms with E-state index >= 15 is 0 Å². The maximum atomic E-state index is 8.39. The first kappa shape index (κ1) is 6.10. The largest absolute Gasteiger partial charge is 0.365 e. The molecular formula is C7H6N4. The molecule has 1 fully saturated rings. The minimum absolute atomic E-state index is 0.232. The number of hydrogen-bond donors (Lipinski definition) is 0. The second-order valence-electron chi connectivity index (χ2n) is 2.36. The Kier molecular flexibility index (Phi) is 1.22. The van der Waals surface area contributed by atoms with E-state index in [0.29, 0.717) is 0 Å². The summed E-state index contributed by atoms with van der Waals surface area (Å²) in [6.45, 7) is 2.16. The van der Waals surface area contributed by atoms with Crippen molar-refractivity contribution in [1.82, 2.24) is 9.97 Å². The highest BCUT2D eigenvalue weighted by atomic mass is 15.3. The van der Waals surface area contributed by atoms with Gasteiger partial charge in [0.05, 0.1) is 18.1 Å². The first-order valence-electron chi connectivity index (χ1n) is 3.37. The van der Waals surface area contributed by atoms with Crippen molar-refractivity contribution in [2.24, 2.45) is 0 Å². The summed E-state index contributed by atoms with van der Waals surface area (Å²) in [6, 6.07) is 1.87. The first-order valence-corrected chi connectivity index (χ1v) is 3.37. The summed E-state index contributed by atoms with van der Waals surface area (Å²) in [4.78, 5) is 9.82. The van der Waals surface area contributed by atoms with Crippen LogP contribution in [-0.2, 0) is 0 Å². The van der Waals surface area contributed by atoms with E-state index in [1.807, 2.05) is 6.07 Å². The average molecular weight is 146 g/mol. The zero-order valence-electron chi connectivity index (χ0n) is 5.86. The van der Waals surface area contributed by atoms with Crippen LogP contribution in [0, 0.1) is 11.3 Å². The van der Waals surface area contributed by atoms with E-state index in [0.717, 1.165) is 18.8 Å². The lowest BCUT2D eigenvalue weighted by atomic mass is 10.5. The molecule has 1 aromatic rings. The minimum Gasteiger partial charge on any atom is -0.365 e. The van der Waals surface area contributed by atoms with Crippen LogP contribution in [0.1, 0.15) is 5.82 Å². The molecule has 0 bridgehead atoms. The van der Waals surface area contributed by atoms with Crippen LogP contribution >= 0.6 is 0 Å². The third-order valence-electron chi connectivity index (χ3n) is 1.55. The first-order chi connectivity index (χ1) is 5.40. The lowest BCUT2D eigenvalue weighted by molar-refractivity contribution is 1.10. The molecule has 1 aliphatic rings. The van der Waals surface area contributed by atoms with Gasteiger partial charge in [0.25, 0.3) is 0 Å². The van der Waals surface area contributed by atoms with Gasteiger partial charge in [0.1, 0.15) is 6.07 Å². The topological polar surface area (TPSA) is 52.6 Å². The van der Waals surface area contributed by atoms with Crippen molar-refractivity contribution in [3.05, 3.63) is 18.2 Å². The molecular weight excluding hydrogens is 140 g/mol. The molecule has 4 heteroatoms. The zero-order chi connectivity index (χ0) is 7.68. The van der Waals surface area contributed by atoms with Gasteiger partial charge in [-0.05, 0) is 0 Å². The van der Waals surface area contributed by atoms with Crippen LogP contribution in [0.5, 0.6) is 0 Å². The summed E-state index contributed by atoms with van der Waals surface area (Å²) in [5.74, 6) is 0.232. The predicted octanol–water partition coefficient (Wildman–Crippen LogP) is 0.168. The third-order valence-corrected chi connectivity index (χ3v) is 1.55. The van der Waals surface area contributed by atoms with Gasteiger partial charge in [-0.15, -0.1) is 0 Å². The standard InChI is InChI=1S/C7H6N4/c8-3-7-9-4-6(5-10-7)11-1-2-11/h4-5H,1-2H2. The van der Waals surface area contributed by atoms with E-state index in [1.165, 1.54) is 0 Å². The second kappa shape index (κ2) is 2.20. The lowest BCUT2D eigenvalue weighted by Gasteiger charge is -1.98. The number of nitrogens with zero attached hydrogens (tertiary/aromatic N) is 4. The maximum absolute atomic E-state index is 8.39. The molecule has 11 heavy (non-hydrogen) atoms. The fourth-order valence-electron chi connectivity index (χ4n) is 0.850. The molecule has 0 amide bonds. The van der Waals surface area contributed by atoms with Gasteiger partial charge in [0.2, 0.25) is 5.82 Å². The third kappa shape index (κ3) is 1.13. The van der Waals surface area contributed by atoms with Crippen LogP contribution < -0.4 is 4.90 Å². The zero-order valence-corrected chi connectivity index (χ0v) is 5.86. The van der Waals surface area contributed by atoms with Gasteiger partial charge in [-0.25, -0.2) is 9.97 Å². The molecule has 0 unspecified atom stereocenters. The van der Waals surface area contributed by atoms with Crippen LogP contribution in [0.3, 0.4) is 0 Å². The Bertz CT molecular complexity index is 293. The molecule has 1 aliphatic heterocycles. The Morgan fingerprint density at radius 1 is 1.36 bits per heavy atom. The molecule has 0 N–H and O–H groups in total. The van der Waals surface area contributed by atoms with Crippen molar-refractivity contribution in [3.8, 4) is 6.07 Å². The Balaban J connectivity index is 2.27. The van der Waals surface area contributed by atoms with Crippen molar-refractivity contribution in [1.29, 1.82) is 5.26 Å². The van der Waals surface area contributed by atoms with Crippen molar-refractivity contribution in [2.75, 3.05) is 18.0 Å². The quantitative estimate of drug-likeness (QED) is 0.530. The Morgan fingerprint density at radius 2 is 2.00 bits per heavy atom. The number of anilines is 1. The van der Waals surface area contributed by atoms with Crippen molar-refractivity contribution in [3.63, 3.8) is 0 Å². The summed E-state index contributed by atoms with van der Waals surface area (Å²) in [5, 5.41) is 8.39. The molecule has 4 nitrogen and oxygen atoms in total. The smallest absolute Gasteiger partial charge is 0.232 e. The molecule has 0 radical (unpaired) electrons. The minimum atomic E-state index is 0.232. The van der Waals surface area contributed by atoms with Crippen molar-refractivity contribution < 1.29 is 0 Å². The molecule has 2 heterocycles. The van der Waals surface area contributed by atoms with Gasteiger partial charge < -0.3 is 4.90 Å².